The highest BCUT2D eigenvalue weighted by molar-refractivity contribution is 5.77. The number of alkyl halides is 3. The molecular formula is C14H16F3NO4. The van der Waals surface area contributed by atoms with E-state index in [2.05, 4.69) is 4.74 Å². The monoisotopic (exact) mass is 319 g/mol. The molecule has 1 rings (SSSR count). The Hall–Kier alpha value is -2.25. The van der Waals surface area contributed by atoms with Gasteiger partial charge < -0.3 is 14.7 Å². The Morgan fingerprint density at radius 3 is 2.45 bits per heavy atom. The standard InChI is InChI=1S/C14H16F3NO4/c1-18(9-8-13(20)21)12(19)7-6-10-4-2-3-5-11(10)22-14(15,16)17/h2-5H,6-9H2,1H3,(H,20,21). The molecule has 0 aromatic heterocycles. The number of hydrogen-bond acceptors (Lipinski definition) is 3. The van der Waals surface area contributed by atoms with E-state index in [1.807, 2.05) is 0 Å². The Labute approximate surface area is 125 Å². The summed E-state index contributed by atoms with van der Waals surface area (Å²) in [5.74, 6) is -1.71. The van der Waals surface area contributed by atoms with Gasteiger partial charge in [0.2, 0.25) is 5.91 Å². The fourth-order valence-corrected chi connectivity index (χ4v) is 1.76. The molecule has 0 saturated carbocycles. The minimum Gasteiger partial charge on any atom is -0.481 e. The molecule has 0 aliphatic heterocycles. The van der Waals surface area contributed by atoms with Crippen LogP contribution in [0.3, 0.4) is 0 Å². The maximum Gasteiger partial charge on any atom is 0.573 e. The van der Waals surface area contributed by atoms with Gasteiger partial charge in [0.05, 0.1) is 6.42 Å². The highest BCUT2D eigenvalue weighted by Crippen LogP contribution is 2.27. The predicted octanol–water partition coefficient (Wildman–Crippen LogP) is 2.45. The Bertz CT molecular complexity index is 531. The third kappa shape index (κ3) is 6.47. The molecule has 1 aromatic rings. The maximum atomic E-state index is 12.3. The lowest BCUT2D eigenvalue weighted by atomic mass is 10.1. The summed E-state index contributed by atoms with van der Waals surface area (Å²) in [6.07, 6.45) is -4.94. The number of carbonyl (C=O) groups excluding carboxylic acids is 1. The third-order valence-corrected chi connectivity index (χ3v) is 2.89. The molecule has 0 saturated heterocycles. The molecule has 0 heterocycles. The van der Waals surface area contributed by atoms with E-state index in [-0.39, 0.29) is 43.0 Å². The average Bonchev–Trinajstić information content (AvgIpc) is 2.41. The Morgan fingerprint density at radius 2 is 1.86 bits per heavy atom. The SMILES string of the molecule is CN(CCC(=O)O)C(=O)CCc1ccccc1OC(F)(F)F. The predicted molar refractivity (Wildman–Crippen MR) is 71.3 cm³/mol. The Kier molecular flexibility index (Phi) is 6.21. The van der Waals surface area contributed by atoms with Gasteiger partial charge in [0.1, 0.15) is 5.75 Å². The molecule has 0 unspecified atom stereocenters. The van der Waals surface area contributed by atoms with E-state index in [0.29, 0.717) is 0 Å². The van der Waals surface area contributed by atoms with Crippen molar-refractivity contribution in [1.29, 1.82) is 0 Å². The van der Waals surface area contributed by atoms with Gasteiger partial charge in [0.25, 0.3) is 0 Å². The smallest absolute Gasteiger partial charge is 0.481 e. The zero-order valence-corrected chi connectivity index (χ0v) is 11.9. The van der Waals surface area contributed by atoms with Crippen LogP contribution >= 0.6 is 0 Å². The van der Waals surface area contributed by atoms with E-state index in [4.69, 9.17) is 5.11 Å². The molecule has 0 aliphatic carbocycles. The number of ether oxygens (including phenoxy) is 1. The van der Waals surface area contributed by atoms with Crippen LogP contribution in [0.5, 0.6) is 5.75 Å². The van der Waals surface area contributed by atoms with Gasteiger partial charge >= 0.3 is 12.3 Å². The van der Waals surface area contributed by atoms with E-state index < -0.39 is 12.3 Å². The lowest BCUT2D eigenvalue weighted by Gasteiger charge is -2.17. The molecule has 0 radical (unpaired) electrons. The molecule has 0 fully saturated rings. The van der Waals surface area contributed by atoms with Crippen molar-refractivity contribution in [2.75, 3.05) is 13.6 Å². The van der Waals surface area contributed by atoms with Gasteiger partial charge in [-0.3, -0.25) is 9.59 Å². The van der Waals surface area contributed by atoms with Crippen molar-refractivity contribution in [1.82, 2.24) is 4.90 Å². The molecule has 5 nitrogen and oxygen atoms in total. The summed E-state index contributed by atoms with van der Waals surface area (Å²) in [5.41, 5.74) is 0.264. The molecule has 1 amide bonds. The van der Waals surface area contributed by atoms with Crippen LogP contribution in [0.15, 0.2) is 24.3 Å². The van der Waals surface area contributed by atoms with Gasteiger partial charge in [0.15, 0.2) is 0 Å². The van der Waals surface area contributed by atoms with Crippen LogP contribution in [0.25, 0.3) is 0 Å². The van der Waals surface area contributed by atoms with Gasteiger partial charge in [-0.25, -0.2) is 0 Å². The Balaban J connectivity index is 2.60. The van der Waals surface area contributed by atoms with Crippen LogP contribution < -0.4 is 4.74 Å². The summed E-state index contributed by atoms with van der Waals surface area (Å²) >= 11 is 0. The van der Waals surface area contributed by atoms with Crippen LogP contribution in [0.4, 0.5) is 13.2 Å². The zero-order chi connectivity index (χ0) is 16.8. The molecule has 1 N–H and O–H groups in total. The van der Waals surface area contributed by atoms with Gasteiger partial charge in [-0.15, -0.1) is 13.2 Å². The molecule has 22 heavy (non-hydrogen) atoms. The quantitative estimate of drug-likeness (QED) is 0.838. The average molecular weight is 319 g/mol. The van der Waals surface area contributed by atoms with Crippen molar-refractivity contribution in [2.24, 2.45) is 0 Å². The first-order valence-corrected chi connectivity index (χ1v) is 6.48. The van der Waals surface area contributed by atoms with Crippen molar-refractivity contribution in [3.05, 3.63) is 29.8 Å². The number of carboxylic acid groups (broad SMARTS) is 1. The van der Waals surface area contributed by atoms with Gasteiger partial charge in [-0.05, 0) is 18.1 Å². The van der Waals surface area contributed by atoms with Crippen molar-refractivity contribution in [3.63, 3.8) is 0 Å². The summed E-state index contributed by atoms with van der Waals surface area (Å²) in [6, 6.07) is 5.59. The highest BCUT2D eigenvalue weighted by atomic mass is 19.4. The molecule has 122 valence electrons. The van der Waals surface area contributed by atoms with E-state index >= 15 is 0 Å². The maximum absolute atomic E-state index is 12.3. The molecular weight excluding hydrogens is 303 g/mol. The topological polar surface area (TPSA) is 66.8 Å². The highest BCUT2D eigenvalue weighted by Gasteiger charge is 2.32. The molecule has 1 aromatic carbocycles. The minimum absolute atomic E-state index is 0.0334. The number of carbonyl (C=O) groups is 2. The number of halogens is 3. The normalized spacial score (nSPS) is 11.1. The number of nitrogens with zero attached hydrogens (tertiary/aromatic N) is 1. The molecule has 0 spiro atoms. The fourth-order valence-electron chi connectivity index (χ4n) is 1.76. The number of amides is 1. The number of carboxylic acids is 1. The van der Waals surface area contributed by atoms with Crippen LogP contribution in [-0.2, 0) is 16.0 Å². The minimum atomic E-state index is -4.79. The lowest BCUT2D eigenvalue weighted by molar-refractivity contribution is -0.274. The van der Waals surface area contributed by atoms with Gasteiger partial charge in [-0.1, -0.05) is 18.2 Å². The van der Waals surface area contributed by atoms with Gasteiger partial charge in [0, 0.05) is 20.0 Å². The van der Waals surface area contributed by atoms with Crippen molar-refractivity contribution in [3.8, 4) is 5.75 Å². The third-order valence-electron chi connectivity index (χ3n) is 2.89. The summed E-state index contributed by atoms with van der Waals surface area (Å²) in [4.78, 5) is 23.5. The van der Waals surface area contributed by atoms with E-state index in [0.717, 1.165) is 0 Å². The van der Waals surface area contributed by atoms with Crippen molar-refractivity contribution < 1.29 is 32.6 Å². The second kappa shape index (κ2) is 7.67. The summed E-state index contributed by atoms with van der Waals surface area (Å²) in [5, 5.41) is 8.54. The molecule has 0 atom stereocenters. The van der Waals surface area contributed by atoms with E-state index in [1.54, 1.807) is 6.07 Å². The molecule has 8 heteroatoms. The van der Waals surface area contributed by atoms with E-state index in [9.17, 15) is 22.8 Å². The summed E-state index contributed by atoms with van der Waals surface area (Å²) in [6.45, 7) is 0.0505. The number of aryl methyl sites for hydroxylation is 1. The van der Waals surface area contributed by atoms with Crippen LogP contribution in [0.2, 0.25) is 0 Å². The first-order valence-electron chi connectivity index (χ1n) is 6.48. The van der Waals surface area contributed by atoms with Crippen molar-refractivity contribution in [2.45, 2.75) is 25.6 Å². The number of benzene rings is 1. The summed E-state index contributed by atoms with van der Waals surface area (Å²) in [7, 11) is 1.45. The molecule has 0 bridgehead atoms. The Morgan fingerprint density at radius 1 is 1.23 bits per heavy atom. The number of rotatable bonds is 7. The molecule has 0 aliphatic rings. The first-order chi connectivity index (χ1) is 10.2. The largest absolute Gasteiger partial charge is 0.573 e. The number of hydrogen-bond donors (Lipinski definition) is 1. The van der Waals surface area contributed by atoms with Crippen LogP contribution in [0.1, 0.15) is 18.4 Å². The number of para-hydroxylation sites is 1. The summed E-state index contributed by atoms with van der Waals surface area (Å²) < 4.78 is 40.7. The second-order valence-electron chi connectivity index (χ2n) is 4.61. The van der Waals surface area contributed by atoms with Crippen molar-refractivity contribution >= 4 is 11.9 Å². The first kappa shape index (κ1) is 17.8. The van der Waals surface area contributed by atoms with E-state index in [1.165, 1.54) is 30.1 Å². The zero-order valence-electron chi connectivity index (χ0n) is 11.9. The number of aliphatic carboxylic acids is 1. The fraction of sp³-hybridized carbons (Fsp3) is 0.429. The van der Waals surface area contributed by atoms with Crippen LogP contribution in [-0.4, -0.2) is 41.8 Å². The lowest BCUT2D eigenvalue weighted by Crippen LogP contribution is -2.29. The van der Waals surface area contributed by atoms with Gasteiger partial charge in [-0.2, -0.15) is 0 Å². The van der Waals surface area contributed by atoms with Crippen LogP contribution in [0, 0.1) is 0 Å². The second-order valence-corrected chi connectivity index (χ2v) is 4.61.